The maximum absolute atomic E-state index is 12.7. The van der Waals surface area contributed by atoms with Crippen LogP contribution in [0.3, 0.4) is 0 Å². The molecule has 0 aliphatic carbocycles. The molecule has 0 rings (SSSR count). The highest BCUT2D eigenvalue weighted by Gasteiger charge is 2.19. The van der Waals surface area contributed by atoms with Crippen LogP contribution in [0.2, 0.25) is 0 Å². The summed E-state index contributed by atoms with van der Waals surface area (Å²) < 4.78 is 16.6. The highest BCUT2D eigenvalue weighted by molar-refractivity contribution is 5.72. The predicted molar refractivity (Wildman–Crippen MR) is 269 cm³/mol. The van der Waals surface area contributed by atoms with Crippen LogP contribution >= 0.6 is 0 Å². The van der Waals surface area contributed by atoms with Gasteiger partial charge in [0.2, 0.25) is 0 Å². The molecule has 1 atom stereocenters. The number of hydrogen-bond acceptors (Lipinski definition) is 6. The van der Waals surface area contributed by atoms with Crippen LogP contribution in [0.5, 0.6) is 0 Å². The summed E-state index contributed by atoms with van der Waals surface area (Å²) in [5.74, 6) is -1.09. The van der Waals surface area contributed by atoms with E-state index >= 15 is 0 Å². The summed E-state index contributed by atoms with van der Waals surface area (Å²) in [7, 11) is 0. The molecule has 1 unspecified atom stereocenters. The molecule has 0 aliphatic heterocycles. The Bertz CT molecular complexity index is 1370. The topological polar surface area (TPSA) is 78.9 Å². The molecular formula is C57H90O6. The molecule has 0 radical (unpaired) electrons. The van der Waals surface area contributed by atoms with Crippen LogP contribution in [-0.4, -0.2) is 37.2 Å². The van der Waals surface area contributed by atoms with E-state index in [0.717, 1.165) is 122 Å². The first kappa shape index (κ1) is 58.8. The van der Waals surface area contributed by atoms with Gasteiger partial charge in [-0.3, -0.25) is 14.4 Å². The van der Waals surface area contributed by atoms with Crippen LogP contribution in [0.15, 0.2) is 122 Å². The Hall–Kier alpha value is -4.19. The third-order valence-corrected chi connectivity index (χ3v) is 9.95. The molecule has 0 aliphatic rings. The normalized spacial score (nSPS) is 13.1. The van der Waals surface area contributed by atoms with Crippen molar-refractivity contribution in [2.45, 2.75) is 207 Å². The first-order chi connectivity index (χ1) is 31.0. The Labute approximate surface area is 386 Å². The zero-order chi connectivity index (χ0) is 45.8. The Morgan fingerprint density at radius 2 is 0.667 bits per heavy atom. The van der Waals surface area contributed by atoms with Gasteiger partial charge in [0.25, 0.3) is 0 Å². The van der Waals surface area contributed by atoms with Crippen molar-refractivity contribution in [3.05, 3.63) is 122 Å². The van der Waals surface area contributed by atoms with Gasteiger partial charge >= 0.3 is 17.9 Å². The van der Waals surface area contributed by atoms with Gasteiger partial charge in [0, 0.05) is 12.8 Å². The van der Waals surface area contributed by atoms with E-state index in [0.29, 0.717) is 19.3 Å². The van der Waals surface area contributed by atoms with Gasteiger partial charge in [-0.05, 0) is 103 Å². The second kappa shape index (κ2) is 50.5. The van der Waals surface area contributed by atoms with Gasteiger partial charge in [0.15, 0.2) is 6.10 Å². The second-order valence-corrected chi connectivity index (χ2v) is 16.0. The quantitative estimate of drug-likeness (QED) is 0.0263. The summed E-state index contributed by atoms with van der Waals surface area (Å²) >= 11 is 0. The fourth-order valence-electron chi connectivity index (χ4n) is 6.27. The SMILES string of the molecule is CC/C=C\C/C=C\C/C=C\C/C=C\C/C=C\CC(=O)OC(COC(=O)CCCCCCC/C=C\C/C=C\CCC)COC(=O)CCCCCCCCC/C=C\C/C=C\C/C=C\CC. The summed E-state index contributed by atoms with van der Waals surface area (Å²) in [4.78, 5) is 37.9. The molecule has 6 nitrogen and oxygen atoms in total. The smallest absolute Gasteiger partial charge is 0.310 e. The molecule has 0 saturated carbocycles. The van der Waals surface area contributed by atoms with Crippen molar-refractivity contribution in [3.8, 4) is 0 Å². The highest BCUT2D eigenvalue weighted by Crippen LogP contribution is 2.12. The van der Waals surface area contributed by atoms with E-state index in [4.69, 9.17) is 14.2 Å². The standard InChI is InChI=1S/C57H90O6/c1-4-7-10-13-16-19-22-25-27-28-30-32-35-38-41-44-47-50-56(59)62-53-54(52-61-55(58)49-46-43-40-37-34-31-24-21-18-15-12-9-6-3)63-57(60)51-48-45-42-39-36-33-29-26-23-20-17-14-11-8-5-2/h7-8,10-12,15-17,19-21,24-27,29,36,39,45,48,54H,4-6,9,13-14,18,22-23,28,30-35,37-38,40-44,46-47,49-53H2,1-3H3/b10-7-,11-8-,15-12-,19-16-,20-17-,24-21-,27-25-,29-26-,39-36-,48-45-. The van der Waals surface area contributed by atoms with Crippen LogP contribution in [-0.2, 0) is 28.6 Å². The van der Waals surface area contributed by atoms with Crippen molar-refractivity contribution in [2.24, 2.45) is 0 Å². The monoisotopic (exact) mass is 871 g/mol. The predicted octanol–water partition coefficient (Wildman–Crippen LogP) is 16.5. The number of rotatable bonds is 43. The van der Waals surface area contributed by atoms with Crippen molar-refractivity contribution >= 4 is 17.9 Å². The van der Waals surface area contributed by atoms with E-state index in [2.05, 4.69) is 130 Å². The van der Waals surface area contributed by atoms with Crippen LogP contribution in [0.4, 0.5) is 0 Å². The lowest BCUT2D eigenvalue weighted by molar-refractivity contribution is -0.166. The van der Waals surface area contributed by atoms with Crippen molar-refractivity contribution in [3.63, 3.8) is 0 Å². The van der Waals surface area contributed by atoms with Gasteiger partial charge < -0.3 is 14.2 Å². The molecule has 0 aromatic rings. The zero-order valence-corrected chi connectivity index (χ0v) is 40.3. The lowest BCUT2D eigenvalue weighted by Crippen LogP contribution is -2.30. The molecule has 354 valence electrons. The lowest BCUT2D eigenvalue weighted by atomic mass is 10.1. The number of carbonyl (C=O) groups is 3. The minimum atomic E-state index is -0.845. The Kier molecular flexibility index (Phi) is 47.1. The third kappa shape index (κ3) is 48.7. The van der Waals surface area contributed by atoms with Crippen LogP contribution in [0.1, 0.15) is 201 Å². The number of carbonyl (C=O) groups excluding carboxylic acids is 3. The van der Waals surface area contributed by atoms with E-state index < -0.39 is 12.1 Å². The van der Waals surface area contributed by atoms with E-state index in [1.165, 1.54) is 32.1 Å². The van der Waals surface area contributed by atoms with Crippen molar-refractivity contribution in [1.82, 2.24) is 0 Å². The van der Waals surface area contributed by atoms with E-state index in [9.17, 15) is 14.4 Å². The van der Waals surface area contributed by atoms with Gasteiger partial charge in [-0.25, -0.2) is 0 Å². The fourth-order valence-corrected chi connectivity index (χ4v) is 6.27. The van der Waals surface area contributed by atoms with E-state index in [-0.39, 0.29) is 31.6 Å². The molecule has 63 heavy (non-hydrogen) atoms. The summed E-state index contributed by atoms with van der Waals surface area (Å²) in [6.45, 7) is 6.22. The van der Waals surface area contributed by atoms with Crippen LogP contribution < -0.4 is 0 Å². The number of allylic oxidation sites excluding steroid dienone is 19. The van der Waals surface area contributed by atoms with Crippen molar-refractivity contribution < 1.29 is 28.6 Å². The summed E-state index contributed by atoms with van der Waals surface area (Å²) in [5, 5.41) is 0. The molecule has 0 N–H and O–H groups in total. The first-order valence-electron chi connectivity index (χ1n) is 25.0. The maximum Gasteiger partial charge on any atom is 0.310 e. The molecule has 0 spiro atoms. The summed E-state index contributed by atoms with van der Waals surface area (Å²) in [6, 6.07) is 0. The average Bonchev–Trinajstić information content (AvgIpc) is 3.28. The molecule has 0 aromatic heterocycles. The molecule has 0 aromatic carbocycles. The van der Waals surface area contributed by atoms with E-state index in [1.54, 1.807) is 6.08 Å². The Morgan fingerprint density at radius 3 is 1.05 bits per heavy atom. The summed E-state index contributed by atoms with van der Waals surface area (Å²) in [6.07, 6.45) is 69.2. The van der Waals surface area contributed by atoms with Gasteiger partial charge in [0.05, 0.1) is 6.42 Å². The lowest BCUT2D eigenvalue weighted by Gasteiger charge is -2.18. The fraction of sp³-hybridized carbons (Fsp3) is 0.596. The summed E-state index contributed by atoms with van der Waals surface area (Å²) in [5.41, 5.74) is 0. The minimum absolute atomic E-state index is 0.0867. The molecule has 6 heteroatoms. The number of esters is 3. The number of hydrogen-bond donors (Lipinski definition) is 0. The van der Waals surface area contributed by atoms with E-state index in [1.807, 2.05) is 6.08 Å². The Balaban J connectivity index is 4.55. The third-order valence-electron chi connectivity index (χ3n) is 9.95. The van der Waals surface area contributed by atoms with Gasteiger partial charge in [-0.2, -0.15) is 0 Å². The second-order valence-electron chi connectivity index (χ2n) is 16.0. The zero-order valence-electron chi connectivity index (χ0n) is 40.3. The first-order valence-corrected chi connectivity index (χ1v) is 25.0. The number of ether oxygens (including phenoxy) is 3. The highest BCUT2D eigenvalue weighted by atomic mass is 16.6. The van der Waals surface area contributed by atoms with Gasteiger partial charge in [-0.15, -0.1) is 0 Å². The Morgan fingerprint density at radius 1 is 0.349 bits per heavy atom. The van der Waals surface area contributed by atoms with Crippen molar-refractivity contribution in [1.29, 1.82) is 0 Å². The minimum Gasteiger partial charge on any atom is -0.462 e. The molecule has 0 heterocycles. The van der Waals surface area contributed by atoms with Crippen molar-refractivity contribution in [2.75, 3.05) is 13.2 Å². The van der Waals surface area contributed by atoms with Crippen LogP contribution in [0, 0.1) is 0 Å². The molecule has 0 bridgehead atoms. The van der Waals surface area contributed by atoms with Crippen LogP contribution in [0.25, 0.3) is 0 Å². The number of unbranched alkanes of at least 4 members (excludes halogenated alkanes) is 13. The largest absolute Gasteiger partial charge is 0.462 e. The maximum atomic E-state index is 12.7. The van der Waals surface area contributed by atoms with Gasteiger partial charge in [0.1, 0.15) is 13.2 Å². The molecule has 0 fully saturated rings. The molecular weight excluding hydrogens is 781 g/mol. The van der Waals surface area contributed by atoms with Gasteiger partial charge in [-0.1, -0.05) is 200 Å². The average molecular weight is 871 g/mol. The molecule has 0 saturated heterocycles. The molecule has 0 amide bonds.